The number of hydrogen-bond donors (Lipinski definition) is 10. The highest BCUT2D eigenvalue weighted by Crippen LogP contribution is 2.27. The Hall–Kier alpha value is -3.50. The molecule has 0 amide bonds. The fourth-order valence-electron chi connectivity index (χ4n) is 5.43. The molecule has 0 spiro atoms. The Balaban J connectivity index is 1.30. The van der Waals surface area contributed by atoms with Gasteiger partial charge in [0.15, 0.2) is 6.10 Å². The first-order valence-corrected chi connectivity index (χ1v) is 16.6. The minimum absolute atomic E-state index is 0.00460. The molecular weight excluding hydrogens is 696 g/mol. The molecule has 2 aliphatic rings. The van der Waals surface area contributed by atoms with Crippen LogP contribution in [0.25, 0.3) is 0 Å². The van der Waals surface area contributed by atoms with Crippen molar-refractivity contribution in [1.29, 1.82) is 0 Å². The van der Waals surface area contributed by atoms with Crippen LogP contribution in [-0.2, 0) is 30.3 Å². The lowest BCUT2D eigenvalue weighted by Gasteiger charge is -2.39. The summed E-state index contributed by atoms with van der Waals surface area (Å²) in [5.74, 6) is -1.84. The molecule has 52 heavy (non-hydrogen) atoms. The summed E-state index contributed by atoms with van der Waals surface area (Å²) in [6, 6.07) is 11.1. The molecule has 2 aromatic carbocycles. The largest absolute Gasteiger partial charge is 0.462 e. The van der Waals surface area contributed by atoms with E-state index in [1.54, 1.807) is 0 Å². The minimum atomic E-state index is -2.21. The zero-order valence-electron chi connectivity index (χ0n) is 28.2. The third-order valence-corrected chi connectivity index (χ3v) is 8.74. The highest BCUT2D eigenvalue weighted by atomic mass is 16.7. The zero-order chi connectivity index (χ0) is 38.2. The summed E-state index contributed by atoms with van der Waals surface area (Å²) in [7, 11) is 0. The predicted molar refractivity (Wildman–Crippen MR) is 172 cm³/mol. The van der Waals surface area contributed by atoms with E-state index in [4.69, 9.17) is 28.4 Å². The quantitative estimate of drug-likeness (QED) is 0.0779. The summed E-state index contributed by atoms with van der Waals surface area (Å²) >= 11 is 0. The Morgan fingerprint density at radius 1 is 0.731 bits per heavy atom. The SMILES string of the molecule is CCCC[C@@](O)(COC(=O)c1ccc(O[C@H]2O[C@@H](CO)[C@H](O)[C@H](O)[C@@H]2O)cc1)[C@H](O)C(=O)OCc1ccc(O[C@@H]2O[C@H](CO)[C@@H](O)[C@@H](O)[C@H]2O)cc1. The van der Waals surface area contributed by atoms with E-state index in [1.165, 1.54) is 48.5 Å². The van der Waals surface area contributed by atoms with Crippen LogP contribution in [0.3, 0.4) is 0 Å². The molecule has 10 N–H and O–H groups in total. The normalized spacial score (nSPS) is 30.8. The minimum Gasteiger partial charge on any atom is -0.462 e. The van der Waals surface area contributed by atoms with Gasteiger partial charge in [-0.1, -0.05) is 31.9 Å². The molecule has 0 radical (unpaired) electrons. The van der Waals surface area contributed by atoms with Crippen LogP contribution in [0.15, 0.2) is 48.5 Å². The van der Waals surface area contributed by atoms with Gasteiger partial charge in [-0.25, -0.2) is 9.59 Å². The van der Waals surface area contributed by atoms with E-state index < -0.39 is 105 Å². The maximum absolute atomic E-state index is 12.8. The van der Waals surface area contributed by atoms with Crippen LogP contribution in [0.2, 0.25) is 0 Å². The fraction of sp³-hybridized carbons (Fsp3) is 0.588. The second kappa shape index (κ2) is 18.5. The van der Waals surface area contributed by atoms with Crippen molar-refractivity contribution in [3.8, 4) is 11.5 Å². The molecule has 4 rings (SSSR count). The van der Waals surface area contributed by atoms with Gasteiger partial charge in [0.05, 0.1) is 18.8 Å². The van der Waals surface area contributed by atoms with Crippen LogP contribution in [0.1, 0.15) is 42.1 Å². The first-order chi connectivity index (χ1) is 24.7. The van der Waals surface area contributed by atoms with E-state index in [9.17, 15) is 60.7 Å². The molecule has 2 aliphatic heterocycles. The lowest BCUT2D eigenvalue weighted by atomic mass is 9.91. The van der Waals surface area contributed by atoms with Gasteiger partial charge in [0, 0.05) is 0 Å². The van der Waals surface area contributed by atoms with Gasteiger partial charge in [0.2, 0.25) is 12.6 Å². The van der Waals surface area contributed by atoms with E-state index in [2.05, 4.69) is 0 Å². The lowest BCUT2D eigenvalue weighted by molar-refractivity contribution is -0.277. The number of carbonyl (C=O) groups is 2. The number of carbonyl (C=O) groups excluding carboxylic acids is 2. The van der Waals surface area contributed by atoms with Crippen LogP contribution in [0.4, 0.5) is 0 Å². The molecule has 2 heterocycles. The Morgan fingerprint density at radius 3 is 1.67 bits per heavy atom. The van der Waals surface area contributed by atoms with Gasteiger partial charge in [-0.2, -0.15) is 0 Å². The van der Waals surface area contributed by atoms with Gasteiger partial charge in [-0.3, -0.25) is 0 Å². The molecule has 2 saturated heterocycles. The Bertz CT molecular complexity index is 1420. The van der Waals surface area contributed by atoms with Crippen molar-refractivity contribution in [3.63, 3.8) is 0 Å². The summed E-state index contributed by atoms with van der Waals surface area (Å²) in [6.07, 6.45) is -16.1. The molecule has 18 heteroatoms. The number of benzene rings is 2. The van der Waals surface area contributed by atoms with Gasteiger partial charge < -0.3 is 79.5 Å². The van der Waals surface area contributed by atoms with Crippen LogP contribution < -0.4 is 9.47 Å². The average Bonchev–Trinajstić information content (AvgIpc) is 3.16. The summed E-state index contributed by atoms with van der Waals surface area (Å²) in [5.41, 5.74) is -1.78. The van der Waals surface area contributed by atoms with Gasteiger partial charge >= 0.3 is 11.9 Å². The molecule has 0 aliphatic carbocycles. The van der Waals surface area contributed by atoms with Gasteiger partial charge in [-0.15, -0.1) is 0 Å². The molecule has 2 fully saturated rings. The lowest BCUT2D eigenvalue weighted by Crippen LogP contribution is -2.60. The van der Waals surface area contributed by atoms with Gasteiger partial charge in [0.25, 0.3) is 0 Å². The molecule has 2 aromatic rings. The van der Waals surface area contributed by atoms with Crippen LogP contribution in [0, 0.1) is 0 Å². The smallest absolute Gasteiger partial charge is 0.338 e. The average molecular weight is 743 g/mol. The Kier molecular flexibility index (Phi) is 14.7. The van der Waals surface area contributed by atoms with E-state index in [0.717, 1.165) is 0 Å². The number of esters is 2. The first kappa shape index (κ1) is 41.3. The van der Waals surface area contributed by atoms with E-state index in [-0.39, 0.29) is 30.1 Å². The number of aliphatic hydroxyl groups excluding tert-OH is 9. The van der Waals surface area contributed by atoms with Crippen molar-refractivity contribution in [1.82, 2.24) is 0 Å². The molecule has 12 atom stereocenters. The number of ether oxygens (including phenoxy) is 6. The monoisotopic (exact) mass is 742 g/mol. The van der Waals surface area contributed by atoms with Crippen LogP contribution in [-0.4, -0.2) is 156 Å². The molecule has 0 saturated carbocycles. The Labute approximate surface area is 297 Å². The van der Waals surface area contributed by atoms with Crippen molar-refractivity contribution < 1.29 is 89.1 Å². The predicted octanol–water partition coefficient (Wildman–Crippen LogP) is -2.77. The van der Waals surface area contributed by atoms with Gasteiger partial charge in [-0.05, 0) is 48.4 Å². The fourth-order valence-corrected chi connectivity index (χ4v) is 5.43. The second-order valence-electron chi connectivity index (χ2n) is 12.6. The summed E-state index contributed by atoms with van der Waals surface area (Å²) in [6.45, 7) is -0.557. The van der Waals surface area contributed by atoms with E-state index in [0.29, 0.717) is 18.4 Å². The molecular formula is C34H46O18. The van der Waals surface area contributed by atoms with Gasteiger partial charge in [0.1, 0.15) is 79.1 Å². The maximum Gasteiger partial charge on any atom is 0.338 e. The maximum atomic E-state index is 12.8. The topological polar surface area (TPSA) is 292 Å². The molecule has 0 unspecified atom stereocenters. The number of rotatable bonds is 16. The molecule has 290 valence electrons. The summed E-state index contributed by atoms with van der Waals surface area (Å²) in [5, 5.41) is 101. The highest BCUT2D eigenvalue weighted by Gasteiger charge is 2.46. The van der Waals surface area contributed by atoms with E-state index in [1.807, 2.05) is 6.92 Å². The highest BCUT2D eigenvalue weighted by molar-refractivity contribution is 5.89. The number of unbranched alkanes of at least 4 members (excludes halogenated alkanes) is 1. The van der Waals surface area contributed by atoms with Crippen molar-refractivity contribution in [2.24, 2.45) is 0 Å². The molecule has 18 nitrogen and oxygen atoms in total. The number of hydrogen-bond acceptors (Lipinski definition) is 18. The first-order valence-electron chi connectivity index (χ1n) is 16.6. The zero-order valence-corrected chi connectivity index (χ0v) is 28.2. The third-order valence-electron chi connectivity index (χ3n) is 8.74. The molecule has 0 aromatic heterocycles. The van der Waals surface area contributed by atoms with Crippen LogP contribution in [0.5, 0.6) is 11.5 Å². The summed E-state index contributed by atoms with van der Waals surface area (Å²) in [4.78, 5) is 25.7. The standard InChI is InChI=1S/C34H46O18/c1-2-3-12-34(46,16-48-30(44)18-6-10-20(11-7-18)50-33-28(42)26(40)24(38)22(14-36)52-33)29(43)31(45)47-15-17-4-8-19(9-5-17)49-32-27(41)25(39)23(37)21(13-35)51-32/h4-11,21-29,32-33,35-43,46H,2-3,12-16H2,1H3/t21-,22+,23-,24+,25-,26+,27-,28+,29-,32-,33+,34-/m1/s1. The van der Waals surface area contributed by atoms with E-state index >= 15 is 0 Å². The van der Waals surface area contributed by atoms with Crippen molar-refractivity contribution in [3.05, 3.63) is 59.7 Å². The van der Waals surface area contributed by atoms with Crippen LogP contribution >= 0.6 is 0 Å². The van der Waals surface area contributed by atoms with Crippen molar-refractivity contribution in [2.75, 3.05) is 19.8 Å². The number of aliphatic hydroxyl groups is 10. The molecule has 0 bridgehead atoms. The summed E-state index contributed by atoms with van der Waals surface area (Å²) < 4.78 is 32.1. The third kappa shape index (κ3) is 9.92. The second-order valence-corrected chi connectivity index (χ2v) is 12.6. The Morgan fingerprint density at radius 2 is 1.21 bits per heavy atom. The van der Waals surface area contributed by atoms with Crippen molar-refractivity contribution in [2.45, 2.75) is 106 Å². The van der Waals surface area contributed by atoms with Crippen molar-refractivity contribution >= 4 is 11.9 Å².